The zero-order valence-electron chi connectivity index (χ0n) is 14.1. The number of piperidine rings is 1. The van der Waals surface area contributed by atoms with E-state index in [0.29, 0.717) is 13.0 Å². The number of carboxylic acid groups (broad SMARTS) is 1. The summed E-state index contributed by atoms with van der Waals surface area (Å²) in [5.41, 5.74) is 1.30. The number of carbonyl (C=O) groups excluding carboxylic acids is 1. The van der Waals surface area contributed by atoms with Crippen molar-refractivity contribution >= 4 is 11.9 Å². The number of nitrogens with zero attached hydrogens (tertiary/aromatic N) is 1. The van der Waals surface area contributed by atoms with Gasteiger partial charge in [-0.15, -0.1) is 0 Å². The van der Waals surface area contributed by atoms with Gasteiger partial charge in [0, 0.05) is 18.5 Å². The summed E-state index contributed by atoms with van der Waals surface area (Å²) in [7, 11) is 0. The van der Waals surface area contributed by atoms with Gasteiger partial charge in [-0.1, -0.05) is 37.3 Å². The summed E-state index contributed by atoms with van der Waals surface area (Å²) in [6, 6.07) is 10.1. The minimum Gasteiger partial charge on any atom is -0.481 e. The normalized spacial score (nSPS) is 22.6. The second kappa shape index (κ2) is 8.14. The first kappa shape index (κ1) is 17.5. The molecule has 0 radical (unpaired) electrons. The highest BCUT2D eigenvalue weighted by Gasteiger charge is 2.36. The lowest BCUT2D eigenvalue weighted by atomic mass is 9.89. The van der Waals surface area contributed by atoms with Crippen LogP contribution in [-0.2, 0) is 16.0 Å². The van der Waals surface area contributed by atoms with Gasteiger partial charge in [-0.3, -0.25) is 9.59 Å². The molecule has 1 saturated heterocycles. The smallest absolute Gasteiger partial charge is 0.308 e. The third-order valence-electron chi connectivity index (χ3n) is 4.96. The van der Waals surface area contributed by atoms with Crippen LogP contribution in [0.3, 0.4) is 0 Å². The number of hydrogen-bond donors (Lipinski definition) is 1. The Bertz CT molecular complexity index is 529. The van der Waals surface area contributed by atoms with E-state index in [1.54, 1.807) is 4.90 Å². The Morgan fingerprint density at radius 1 is 1.30 bits per heavy atom. The van der Waals surface area contributed by atoms with Crippen LogP contribution in [0.1, 0.15) is 45.1 Å². The number of likely N-dealkylation sites (tertiary alicyclic amines) is 1. The van der Waals surface area contributed by atoms with Gasteiger partial charge in [-0.25, -0.2) is 0 Å². The van der Waals surface area contributed by atoms with Crippen LogP contribution in [0.2, 0.25) is 0 Å². The molecule has 1 heterocycles. The Hall–Kier alpha value is -1.84. The maximum atomic E-state index is 12.7. The minimum absolute atomic E-state index is 0.0475. The average Bonchev–Trinajstić information content (AvgIpc) is 2.55. The molecule has 23 heavy (non-hydrogen) atoms. The number of amides is 1. The SMILES string of the molecule is CC(CCCc1ccccc1)C(=O)N1CCC[C@H](C(=O)O)[C@@H]1C. The molecule has 4 heteroatoms. The zero-order valence-corrected chi connectivity index (χ0v) is 14.1. The van der Waals surface area contributed by atoms with Crippen molar-refractivity contribution in [2.24, 2.45) is 11.8 Å². The van der Waals surface area contributed by atoms with Crippen LogP contribution in [0.15, 0.2) is 30.3 Å². The highest BCUT2D eigenvalue weighted by molar-refractivity contribution is 5.80. The summed E-state index contributed by atoms with van der Waals surface area (Å²) in [6.07, 6.45) is 4.24. The fourth-order valence-electron chi connectivity index (χ4n) is 3.45. The average molecular weight is 317 g/mol. The molecule has 2 rings (SSSR count). The summed E-state index contributed by atoms with van der Waals surface area (Å²) in [5, 5.41) is 9.28. The molecule has 1 aromatic rings. The van der Waals surface area contributed by atoms with Crippen LogP contribution >= 0.6 is 0 Å². The molecule has 1 amide bonds. The van der Waals surface area contributed by atoms with Crippen molar-refractivity contribution in [3.8, 4) is 0 Å². The standard InChI is InChI=1S/C19H27NO3/c1-14(8-6-11-16-9-4-3-5-10-16)18(21)20-13-7-12-17(15(20)2)19(22)23/h3-5,9-10,14-15,17H,6-8,11-13H2,1-2H3,(H,22,23)/t14?,15-,17-/m0/s1. The van der Waals surface area contributed by atoms with Crippen molar-refractivity contribution in [1.82, 2.24) is 4.90 Å². The van der Waals surface area contributed by atoms with Gasteiger partial charge < -0.3 is 10.0 Å². The van der Waals surface area contributed by atoms with Crippen LogP contribution < -0.4 is 0 Å². The summed E-state index contributed by atoms with van der Waals surface area (Å²) in [4.78, 5) is 25.7. The zero-order chi connectivity index (χ0) is 16.8. The van der Waals surface area contributed by atoms with Gasteiger partial charge in [-0.05, 0) is 44.6 Å². The molecule has 1 aliphatic heterocycles. The van der Waals surface area contributed by atoms with Gasteiger partial charge in [0.1, 0.15) is 0 Å². The molecule has 126 valence electrons. The monoisotopic (exact) mass is 317 g/mol. The molecule has 0 aromatic heterocycles. The van der Waals surface area contributed by atoms with Gasteiger partial charge in [-0.2, -0.15) is 0 Å². The number of aryl methyl sites for hydroxylation is 1. The fraction of sp³-hybridized carbons (Fsp3) is 0.579. The summed E-state index contributed by atoms with van der Waals surface area (Å²) in [5.74, 6) is -1.15. The molecule has 0 spiro atoms. The molecule has 0 bridgehead atoms. The van der Waals surface area contributed by atoms with Gasteiger partial charge >= 0.3 is 5.97 Å². The van der Waals surface area contributed by atoms with Crippen LogP contribution in [0, 0.1) is 11.8 Å². The maximum Gasteiger partial charge on any atom is 0.308 e. The van der Waals surface area contributed by atoms with Crippen molar-refractivity contribution in [1.29, 1.82) is 0 Å². The second-order valence-electron chi connectivity index (χ2n) is 6.64. The first-order valence-electron chi connectivity index (χ1n) is 8.58. The first-order valence-corrected chi connectivity index (χ1v) is 8.58. The topological polar surface area (TPSA) is 57.6 Å². The van der Waals surface area contributed by atoms with Crippen LogP contribution in [-0.4, -0.2) is 34.5 Å². The van der Waals surface area contributed by atoms with E-state index in [1.807, 2.05) is 32.0 Å². The van der Waals surface area contributed by atoms with Crippen LogP contribution in [0.5, 0.6) is 0 Å². The van der Waals surface area contributed by atoms with Crippen LogP contribution in [0.25, 0.3) is 0 Å². The Labute approximate surface area is 138 Å². The molecule has 4 nitrogen and oxygen atoms in total. The number of carboxylic acids is 1. The van der Waals surface area contributed by atoms with E-state index in [4.69, 9.17) is 0 Å². The number of rotatable bonds is 6. The van der Waals surface area contributed by atoms with Crippen LogP contribution in [0.4, 0.5) is 0 Å². The molecule has 1 fully saturated rings. The van der Waals surface area contributed by atoms with Gasteiger partial charge in [0.15, 0.2) is 0 Å². The van der Waals surface area contributed by atoms with E-state index in [0.717, 1.165) is 25.7 Å². The predicted octanol–water partition coefficient (Wildman–Crippen LogP) is 3.36. The van der Waals surface area contributed by atoms with Crippen molar-refractivity contribution in [3.05, 3.63) is 35.9 Å². The minimum atomic E-state index is -0.785. The summed E-state index contributed by atoms with van der Waals surface area (Å²) in [6.45, 7) is 4.52. The lowest BCUT2D eigenvalue weighted by Crippen LogP contribution is -2.50. The Morgan fingerprint density at radius 3 is 2.65 bits per heavy atom. The van der Waals surface area contributed by atoms with Gasteiger partial charge in [0.2, 0.25) is 5.91 Å². The second-order valence-corrected chi connectivity index (χ2v) is 6.64. The first-order chi connectivity index (χ1) is 11.0. The quantitative estimate of drug-likeness (QED) is 0.875. The van der Waals surface area contributed by atoms with Crippen molar-refractivity contribution in [2.75, 3.05) is 6.54 Å². The van der Waals surface area contributed by atoms with Crippen molar-refractivity contribution in [3.63, 3.8) is 0 Å². The number of hydrogen-bond acceptors (Lipinski definition) is 2. The Morgan fingerprint density at radius 2 is 2.00 bits per heavy atom. The molecule has 1 aromatic carbocycles. The van der Waals surface area contributed by atoms with E-state index in [1.165, 1.54) is 5.56 Å². The number of carbonyl (C=O) groups is 2. The number of benzene rings is 1. The molecule has 1 unspecified atom stereocenters. The highest BCUT2D eigenvalue weighted by Crippen LogP contribution is 2.26. The molecule has 1 aliphatic rings. The summed E-state index contributed by atoms with van der Waals surface area (Å²) >= 11 is 0. The Balaban J connectivity index is 1.85. The van der Waals surface area contributed by atoms with E-state index < -0.39 is 11.9 Å². The highest BCUT2D eigenvalue weighted by atomic mass is 16.4. The largest absolute Gasteiger partial charge is 0.481 e. The predicted molar refractivity (Wildman–Crippen MR) is 90.1 cm³/mol. The van der Waals surface area contributed by atoms with Crippen molar-refractivity contribution in [2.45, 2.75) is 52.0 Å². The van der Waals surface area contributed by atoms with E-state index in [-0.39, 0.29) is 17.9 Å². The molecule has 3 atom stereocenters. The molecule has 1 N–H and O–H groups in total. The van der Waals surface area contributed by atoms with E-state index in [2.05, 4.69) is 12.1 Å². The maximum absolute atomic E-state index is 12.7. The lowest BCUT2D eigenvalue weighted by Gasteiger charge is -2.39. The molecular weight excluding hydrogens is 290 g/mol. The third kappa shape index (κ3) is 4.57. The fourth-order valence-corrected chi connectivity index (χ4v) is 3.45. The molecule has 0 saturated carbocycles. The summed E-state index contributed by atoms with van der Waals surface area (Å²) < 4.78 is 0. The Kier molecular flexibility index (Phi) is 6.20. The van der Waals surface area contributed by atoms with E-state index in [9.17, 15) is 14.7 Å². The third-order valence-corrected chi connectivity index (χ3v) is 4.96. The van der Waals surface area contributed by atoms with Gasteiger partial charge in [0.25, 0.3) is 0 Å². The molecule has 0 aliphatic carbocycles. The lowest BCUT2D eigenvalue weighted by molar-refractivity contribution is -0.150. The number of aliphatic carboxylic acids is 1. The van der Waals surface area contributed by atoms with Gasteiger partial charge in [0.05, 0.1) is 5.92 Å². The van der Waals surface area contributed by atoms with Crippen molar-refractivity contribution < 1.29 is 14.7 Å². The van der Waals surface area contributed by atoms with E-state index >= 15 is 0 Å². The molecular formula is C19H27NO3.